The van der Waals surface area contributed by atoms with Crippen molar-refractivity contribution in [1.29, 1.82) is 0 Å². The maximum atomic E-state index is 13.4. The fourth-order valence-corrected chi connectivity index (χ4v) is 8.04. The predicted molar refractivity (Wildman–Crippen MR) is 119 cm³/mol. The number of rotatable bonds is 0. The Hall–Kier alpha value is -2.84. The molecular weight excluding hydrogens is 471 g/mol. The SMILES string of the molecule is O=c1c2sc3c(=O)n4c5cc[se]c5nc4c4ccc(c2c34)c2nc3sccc3n12. The van der Waals surface area contributed by atoms with Gasteiger partial charge in [0.2, 0.25) is 0 Å². The topological polar surface area (TPSA) is 68.7 Å². The zero-order valence-corrected chi connectivity index (χ0v) is 17.6. The molecule has 0 fully saturated rings. The summed E-state index contributed by atoms with van der Waals surface area (Å²) in [4.78, 5) is 39.3. The minimum atomic E-state index is -0.104. The van der Waals surface area contributed by atoms with E-state index in [1.54, 1.807) is 8.80 Å². The van der Waals surface area contributed by atoms with Crippen molar-refractivity contribution in [1.82, 2.24) is 18.8 Å². The van der Waals surface area contributed by atoms with E-state index in [0.29, 0.717) is 20.7 Å². The Morgan fingerprint density at radius 3 is 2.28 bits per heavy atom. The summed E-state index contributed by atoms with van der Waals surface area (Å²) >= 11 is 2.99. The fraction of sp³-hybridized carbons (Fsp3) is 0. The molecule has 8 aromatic rings. The molecule has 136 valence electrons. The summed E-state index contributed by atoms with van der Waals surface area (Å²) in [7, 11) is 0. The zero-order chi connectivity index (χ0) is 19.0. The second kappa shape index (κ2) is 4.66. The number of benzene rings is 1. The quantitative estimate of drug-likeness (QED) is 0.248. The van der Waals surface area contributed by atoms with Crippen molar-refractivity contribution in [3.8, 4) is 0 Å². The molecule has 0 aliphatic rings. The molecule has 0 aliphatic heterocycles. The molecule has 0 aliphatic carbocycles. The van der Waals surface area contributed by atoms with E-state index in [0.717, 1.165) is 41.8 Å². The van der Waals surface area contributed by atoms with Gasteiger partial charge in [-0.15, -0.1) is 0 Å². The molecule has 0 radical (unpaired) electrons. The first kappa shape index (κ1) is 15.1. The average Bonchev–Trinajstić information content (AvgIpc) is 3.49. The third-order valence-corrected chi connectivity index (χ3v) is 9.34. The Kier molecular flexibility index (Phi) is 2.42. The molecule has 0 atom stereocenters. The monoisotopic (exact) mass is 478 g/mol. The van der Waals surface area contributed by atoms with Gasteiger partial charge in [-0.05, 0) is 0 Å². The second-order valence-electron chi connectivity index (χ2n) is 7.04. The van der Waals surface area contributed by atoms with E-state index in [4.69, 9.17) is 9.97 Å². The van der Waals surface area contributed by atoms with E-state index in [1.807, 2.05) is 29.6 Å². The molecule has 7 heterocycles. The van der Waals surface area contributed by atoms with Gasteiger partial charge in [-0.2, -0.15) is 0 Å². The Morgan fingerprint density at radius 1 is 0.828 bits per heavy atom. The Bertz CT molecular complexity index is 1930. The molecule has 0 spiro atoms. The van der Waals surface area contributed by atoms with Gasteiger partial charge in [-0.1, -0.05) is 0 Å². The first-order valence-corrected chi connectivity index (χ1v) is 12.4. The first-order valence-electron chi connectivity index (χ1n) is 8.84. The number of hydrogen-bond donors (Lipinski definition) is 0. The number of hydrogen-bond acceptors (Lipinski definition) is 6. The molecule has 0 saturated carbocycles. The van der Waals surface area contributed by atoms with Crippen LogP contribution in [0.5, 0.6) is 0 Å². The van der Waals surface area contributed by atoms with Crippen LogP contribution in [-0.4, -0.2) is 33.3 Å². The Labute approximate surface area is 173 Å². The Morgan fingerprint density at radius 2 is 1.52 bits per heavy atom. The molecule has 8 rings (SSSR count). The summed E-state index contributed by atoms with van der Waals surface area (Å²) in [5, 5.41) is 5.48. The molecule has 29 heavy (non-hydrogen) atoms. The molecule has 0 unspecified atom stereocenters. The van der Waals surface area contributed by atoms with Crippen LogP contribution in [0.1, 0.15) is 0 Å². The van der Waals surface area contributed by atoms with Gasteiger partial charge in [0.05, 0.1) is 0 Å². The standard InChI is InChI=1S/C20H6N4O2S2Se/c25-19-13-11-7(15-21-17-9(23(15)19)3-5-27-17)1-2-8-12(11)14(28-13)20(26)24-10-4-6-29-18(10)22-16(8)24/h1-6H. The minimum absolute atomic E-state index is 0.0879. The average molecular weight is 477 g/mol. The van der Waals surface area contributed by atoms with Gasteiger partial charge in [0.1, 0.15) is 0 Å². The zero-order valence-electron chi connectivity index (χ0n) is 14.3. The van der Waals surface area contributed by atoms with Gasteiger partial charge in [-0.3, -0.25) is 0 Å². The van der Waals surface area contributed by atoms with E-state index in [9.17, 15) is 9.59 Å². The van der Waals surface area contributed by atoms with Crippen LogP contribution in [0.3, 0.4) is 0 Å². The normalized spacial score (nSPS) is 13.1. The van der Waals surface area contributed by atoms with Crippen LogP contribution in [-0.2, 0) is 0 Å². The number of nitrogens with zero attached hydrogens (tertiary/aromatic N) is 4. The van der Waals surface area contributed by atoms with Crippen LogP contribution in [0.15, 0.2) is 44.2 Å². The van der Waals surface area contributed by atoms with Crippen molar-refractivity contribution in [2.75, 3.05) is 0 Å². The van der Waals surface area contributed by atoms with Gasteiger partial charge >= 0.3 is 174 Å². The number of imidazole rings is 2. The van der Waals surface area contributed by atoms with E-state index in [2.05, 4.69) is 4.94 Å². The summed E-state index contributed by atoms with van der Waals surface area (Å²) in [5.74, 6) is 0. The van der Waals surface area contributed by atoms with Crippen molar-refractivity contribution in [3.05, 3.63) is 55.3 Å². The van der Waals surface area contributed by atoms with Crippen molar-refractivity contribution in [2.24, 2.45) is 0 Å². The van der Waals surface area contributed by atoms with E-state index >= 15 is 0 Å². The molecule has 6 nitrogen and oxygen atoms in total. The number of aromatic nitrogens is 4. The molecule has 1 aromatic carbocycles. The van der Waals surface area contributed by atoms with Crippen molar-refractivity contribution < 1.29 is 0 Å². The van der Waals surface area contributed by atoms with Gasteiger partial charge in [-0.25, -0.2) is 0 Å². The molecular formula is C20H6N4O2S2Se. The van der Waals surface area contributed by atoms with Crippen LogP contribution in [0.4, 0.5) is 0 Å². The number of thiophene rings is 2. The summed E-state index contributed by atoms with van der Waals surface area (Å²) in [6.45, 7) is 0. The van der Waals surface area contributed by atoms with Crippen molar-refractivity contribution in [3.63, 3.8) is 0 Å². The van der Waals surface area contributed by atoms with Crippen LogP contribution in [0, 0.1) is 0 Å². The third-order valence-electron chi connectivity index (χ3n) is 5.71. The van der Waals surface area contributed by atoms with Gasteiger partial charge in [0.15, 0.2) is 0 Å². The van der Waals surface area contributed by atoms with Crippen molar-refractivity contribution in [2.45, 2.75) is 0 Å². The van der Waals surface area contributed by atoms with E-state index < -0.39 is 0 Å². The molecule has 0 N–H and O–H groups in total. The van der Waals surface area contributed by atoms with Gasteiger partial charge in [0.25, 0.3) is 0 Å². The molecule has 0 bridgehead atoms. The summed E-state index contributed by atoms with van der Waals surface area (Å²) in [6.07, 6.45) is 0. The molecule has 7 aromatic heterocycles. The summed E-state index contributed by atoms with van der Waals surface area (Å²) in [5.41, 5.74) is 2.87. The van der Waals surface area contributed by atoms with Crippen LogP contribution in [0.25, 0.3) is 62.5 Å². The van der Waals surface area contributed by atoms with Gasteiger partial charge < -0.3 is 0 Å². The Balaban J connectivity index is 1.77. The first-order chi connectivity index (χ1) is 14.2. The van der Waals surface area contributed by atoms with E-state index in [-0.39, 0.29) is 25.6 Å². The fourth-order valence-electron chi connectivity index (χ4n) is 4.55. The number of fused-ring (bicyclic) bond motifs is 8. The summed E-state index contributed by atoms with van der Waals surface area (Å²) < 4.78 is 5.63. The van der Waals surface area contributed by atoms with Crippen LogP contribution < -0.4 is 11.1 Å². The molecule has 9 heteroatoms. The molecule has 0 amide bonds. The third kappa shape index (κ3) is 1.52. The second-order valence-corrected chi connectivity index (χ2v) is 10.8. The maximum absolute atomic E-state index is 13.4. The van der Waals surface area contributed by atoms with Crippen molar-refractivity contribution >= 4 is 99.7 Å². The van der Waals surface area contributed by atoms with E-state index in [1.165, 1.54) is 22.7 Å². The predicted octanol–water partition coefficient (Wildman–Crippen LogP) is 3.52. The summed E-state index contributed by atoms with van der Waals surface area (Å²) in [6, 6.07) is 7.96. The van der Waals surface area contributed by atoms with Crippen LogP contribution >= 0.6 is 22.7 Å². The number of pyridine rings is 2. The van der Waals surface area contributed by atoms with Crippen LogP contribution in [0.2, 0.25) is 0 Å². The van der Waals surface area contributed by atoms with Gasteiger partial charge in [0, 0.05) is 0 Å². The molecule has 0 saturated heterocycles.